The molecule has 0 saturated carbocycles. The Morgan fingerprint density at radius 3 is 1.61 bits per heavy atom. The maximum absolute atomic E-state index is 6.47. The van der Waals surface area contributed by atoms with Crippen LogP contribution in [0.15, 0.2) is 180 Å². The number of furan rings is 1. The predicted octanol–water partition coefficient (Wildman–Crippen LogP) is 13.8. The Kier molecular flexibility index (Phi) is 5.45. The van der Waals surface area contributed by atoms with Crippen LogP contribution in [0.2, 0.25) is 0 Å². The van der Waals surface area contributed by atoms with Crippen molar-refractivity contribution in [3.8, 4) is 27.3 Å². The van der Waals surface area contributed by atoms with Crippen LogP contribution < -0.4 is 0 Å². The van der Waals surface area contributed by atoms with Gasteiger partial charge >= 0.3 is 0 Å². The fourth-order valence-corrected chi connectivity index (χ4v) is 13.8. The van der Waals surface area contributed by atoms with Crippen LogP contribution in [0.5, 0.6) is 0 Å². The first-order chi connectivity index (χ1) is 27.8. The molecular weight excluding hydrogens is 719 g/mol. The molecule has 0 amide bonds. The van der Waals surface area contributed by atoms with Gasteiger partial charge in [0.25, 0.3) is 0 Å². The van der Waals surface area contributed by atoms with Gasteiger partial charge in [0.15, 0.2) is 0 Å². The summed E-state index contributed by atoms with van der Waals surface area (Å²) in [6.45, 7) is 0. The monoisotopic (exact) mass is 747 g/mol. The number of benzene rings is 7. The van der Waals surface area contributed by atoms with E-state index in [9.17, 15) is 0 Å². The summed E-state index contributed by atoms with van der Waals surface area (Å²) >= 11 is 3.90. The molecule has 7 aromatic carbocycles. The molecule has 3 aliphatic rings. The maximum Gasteiger partial charge on any atom is 0.136 e. The molecule has 56 heavy (non-hydrogen) atoms. The first-order valence-corrected chi connectivity index (χ1v) is 20.9. The molecule has 0 radical (unpaired) electrons. The van der Waals surface area contributed by atoms with Gasteiger partial charge in [-0.25, -0.2) is 0 Å². The molecule has 4 aromatic heterocycles. The van der Waals surface area contributed by atoms with Gasteiger partial charge in [-0.1, -0.05) is 133 Å². The van der Waals surface area contributed by atoms with Crippen LogP contribution in [0.3, 0.4) is 0 Å². The highest BCUT2D eigenvalue weighted by Crippen LogP contribution is 2.70. The number of nitrogens with zero attached hydrogens (tertiary/aromatic N) is 1. The second kappa shape index (κ2) is 10.2. The molecule has 0 fully saturated rings. The van der Waals surface area contributed by atoms with Crippen molar-refractivity contribution in [2.75, 3.05) is 0 Å². The van der Waals surface area contributed by atoms with Crippen molar-refractivity contribution in [2.24, 2.45) is 0 Å². The summed E-state index contributed by atoms with van der Waals surface area (Å²) < 4.78 is 9.02. The lowest BCUT2D eigenvalue weighted by Crippen LogP contribution is -2.41. The normalized spacial score (nSPS) is 15.1. The number of aromatic nitrogens is 1. The molecule has 11 aromatic rings. The Morgan fingerprint density at radius 1 is 0.393 bits per heavy atom. The molecule has 0 unspecified atom stereocenters. The van der Waals surface area contributed by atoms with Crippen molar-refractivity contribution >= 4 is 66.4 Å². The maximum atomic E-state index is 6.47. The highest BCUT2D eigenvalue weighted by atomic mass is 32.1. The standard InChI is InChI=1S/C52H29NOS2/c1-7-19-38-30(13-1)31-14-2-8-20-39(31)51(38)42-25-26-55-49(42)52(40-21-9-3-15-32(40)33-16-4-10-22-41(33)52)43-29-48(56-50(43)51)53-44-23-11-5-17-34(44)36-28-47-37(27-45(36)53)35-18-6-12-24-46(35)54-47/h1-29H. The fourth-order valence-electron chi connectivity index (χ4n) is 11.1. The Morgan fingerprint density at radius 2 is 0.946 bits per heavy atom. The third kappa shape index (κ3) is 3.27. The quantitative estimate of drug-likeness (QED) is 0.164. The number of para-hydroxylation sites is 2. The van der Waals surface area contributed by atoms with Crippen molar-refractivity contribution < 1.29 is 4.42 Å². The second-order valence-electron chi connectivity index (χ2n) is 15.5. The van der Waals surface area contributed by atoms with Crippen LogP contribution in [0.4, 0.5) is 0 Å². The van der Waals surface area contributed by atoms with Gasteiger partial charge in [-0.05, 0) is 97.4 Å². The topological polar surface area (TPSA) is 18.1 Å². The summed E-state index contributed by atoms with van der Waals surface area (Å²) in [7, 11) is 0. The minimum atomic E-state index is -0.467. The van der Waals surface area contributed by atoms with E-state index in [0.717, 1.165) is 21.9 Å². The molecule has 4 heteroatoms. The van der Waals surface area contributed by atoms with E-state index < -0.39 is 10.8 Å². The van der Waals surface area contributed by atoms with Gasteiger partial charge in [0.05, 0.1) is 21.9 Å². The average molecular weight is 748 g/mol. The van der Waals surface area contributed by atoms with Gasteiger partial charge in [0.1, 0.15) is 16.2 Å². The van der Waals surface area contributed by atoms with Crippen molar-refractivity contribution in [1.82, 2.24) is 4.57 Å². The van der Waals surface area contributed by atoms with E-state index in [1.165, 1.54) is 92.2 Å². The summed E-state index contributed by atoms with van der Waals surface area (Å²) in [4.78, 5) is 2.83. The first-order valence-electron chi connectivity index (χ1n) is 19.2. The van der Waals surface area contributed by atoms with Gasteiger partial charge in [-0.3, -0.25) is 0 Å². The molecule has 0 saturated heterocycles. The minimum absolute atomic E-state index is 0.467. The molecule has 4 heterocycles. The molecule has 260 valence electrons. The van der Waals surface area contributed by atoms with E-state index in [1.54, 1.807) is 0 Å². The van der Waals surface area contributed by atoms with Crippen LogP contribution >= 0.6 is 22.7 Å². The van der Waals surface area contributed by atoms with Gasteiger partial charge in [0.2, 0.25) is 0 Å². The van der Waals surface area contributed by atoms with E-state index in [2.05, 4.69) is 180 Å². The number of thiophene rings is 2. The summed E-state index contributed by atoms with van der Waals surface area (Å²) in [5.74, 6) is 0. The molecular formula is C52H29NOS2. The first kappa shape index (κ1) is 29.8. The average Bonchev–Trinajstić information content (AvgIpc) is 4.11. The number of hydrogen-bond donors (Lipinski definition) is 0. The van der Waals surface area contributed by atoms with Gasteiger partial charge in [-0.15, -0.1) is 22.7 Å². The van der Waals surface area contributed by atoms with Crippen LogP contribution in [0.1, 0.15) is 43.1 Å². The van der Waals surface area contributed by atoms with E-state index in [1.807, 2.05) is 22.7 Å². The van der Waals surface area contributed by atoms with Crippen LogP contribution in [0, 0.1) is 0 Å². The second-order valence-corrected chi connectivity index (χ2v) is 17.4. The van der Waals surface area contributed by atoms with E-state index in [-0.39, 0.29) is 0 Å². The largest absolute Gasteiger partial charge is 0.456 e. The molecule has 0 aliphatic heterocycles. The summed E-state index contributed by atoms with van der Waals surface area (Å²) in [6, 6.07) is 63.7. The Bertz CT molecular complexity index is 3290. The molecule has 0 N–H and O–H groups in total. The highest BCUT2D eigenvalue weighted by Gasteiger charge is 2.60. The van der Waals surface area contributed by atoms with Gasteiger partial charge in [0, 0.05) is 31.3 Å². The number of fused-ring (bicyclic) bond motifs is 22. The molecule has 0 bridgehead atoms. The lowest BCUT2D eigenvalue weighted by molar-refractivity contribution is 0.662. The SMILES string of the molecule is c1ccc2c(c1)-c1ccccc1C21c2cc(-n3c4ccccc4c4cc5oc6ccccc6c5cc43)sc2C2(c3ccccc3-c3ccccc32)c2ccsc21. The molecule has 2 nitrogen and oxygen atoms in total. The van der Waals surface area contributed by atoms with Crippen molar-refractivity contribution in [3.05, 3.63) is 218 Å². The lowest BCUT2D eigenvalue weighted by Gasteiger charge is -2.45. The minimum Gasteiger partial charge on any atom is -0.456 e. The van der Waals surface area contributed by atoms with E-state index >= 15 is 0 Å². The lowest BCUT2D eigenvalue weighted by atomic mass is 9.58. The Hall–Kier alpha value is -6.46. The molecule has 0 atom stereocenters. The Labute approximate surface area is 330 Å². The fraction of sp³-hybridized carbons (Fsp3) is 0.0385. The zero-order valence-electron chi connectivity index (χ0n) is 29.9. The third-order valence-electron chi connectivity index (χ3n) is 13.2. The predicted molar refractivity (Wildman–Crippen MR) is 232 cm³/mol. The van der Waals surface area contributed by atoms with Gasteiger partial charge < -0.3 is 8.98 Å². The highest BCUT2D eigenvalue weighted by molar-refractivity contribution is 7.15. The summed E-state index contributed by atoms with van der Waals surface area (Å²) in [5, 5.41) is 8.30. The van der Waals surface area contributed by atoms with E-state index in [4.69, 9.17) is 4.42 Å². The van der Waals surface area contributed by atoms with Crippen molar-refractivity contribution in [2.45, 2.75) is 10.8 Å². The zero-order chi connectivity index (χ0) is 36.3. The molecule has 2 spiro atoms. The summed E-state index contributed by atoms with van der Waals surface area (Å²) in [5.41, 5.74) is 16.9. The van der Waals surface area contributed by atoms with Crippen molar-refractivity contribution in [1.29, 1.82) is 0 Å². The Balaban J connectivity index is 1.18. The van der Waals surface area contributed by atoms with Crippen LogP contribution in [-0.2, 0) is 10.8 Å². The van der Waals surface area contributed by atoms with E-state index in [0.29, 0.717) is 0 Å². The smallest absolute Gasteiger partial charge is 0.136 e. The zero-order valence-corrected chi connectivity index (χ0v) is 31.5. The summed E-state index contributed by atoms with van der Waals surface area (Å²) in [6.07, 6.45) is 0. The molecule has 3 aliphatic carbocycles. The number of rotatable bonds is 1. The van der Waals surface area contributed by atoms with Crippen molar-refractivity contribution in [3.63, 3.8) is 0 Å². The van der Waals surface area contributed by atoms with Gasteiger partial charge in [-0.2, -0.15) is 0 Å². The molecule has 14 rings (SSSR count). The van der Waals surface area contributed by atoms with Crippen LogP contribution in [0.25, 0.3) is 71.0 Å². The third-order valence-corrected chi connectivity index (χ3v) is 15.4. The van der Waals surface area contributed by atoms with Crippen LogP contribution in [-0.4, -0.2) is 4.57 Å². The number of hydrogen-bond acceptors (Lipinski definition) is 3.